The maximum Gasteiger partial charge on any atom is 0.268 e. The highest BCUT2D eigenvalue weighted by atomic mass is 35.5. The van der Waals surface area contributed by atoms with Gasteiger partial charge in [-0.15, -0.1) is 0 Å². The molecule has 0 aliphatic carbocycles. The van der Waals surface area contributed by atoms with Crippen LogP contribution in [0.2, 0.25) is 5.02 Å². The molecular weight excluding hydrogens is 370 g/mol. The molecule has 0 saturated heterocycles. The van der Waals surface area contributed by atoms with Crippen LogP contribution in [0.15, 0.2) is 44.4 Å². The summed E-state index contributed by atoms with van der Waals surface area (Å²) in [4.78, 5) is 24.8. The lowest BCUT2D eigenvalue weighted by atomic mass is 9.89. The van der Waals surface area contributed by atoms with Gasteiger partial charge in [0.15, 0.2) is 0 Å². The zero-order valence-corrected chi connectivity index (χ0v) is 15.3. The summed E-state index contributed by atoms with van der Waals surface area (Å²) in [5.74, 6) is -0.315. The van der Waals surface area contributed by atoms with Crippen LogP contribution < -0.4 is 11.1 Å². The van der Waals surface area contributed by atoms with Crippen LogP contribution in [0.5, 0.6) is 0 Å². The van der Waals surface area contributed by atoms with Crippen molar-refractivity contribution in [1.82, 2.24) is 25.6 Å². The molecule has 4 aromatic rings. The highest BCUT2D eigenvalue weighted by Gasteiger charge is 2.31. The van der Waals surface area contributed by atoms with Crippen LogP contribution in [0.25, 0.3) is 11.3 Å². The summed E-state index contributed by atoms with van der Waals surface area (Å²) in [6.07, 6.45) is 0. The SMILES string of the molecule is Cc1[nH][nH]c(=O)c1C(c1cc(-c2ccc(Cl)cc2)no1)c1c(C)[nH][nH]c1=O. The fourth-order valence-electron chi connectivity index (χ4n) is 3.22. The molecule has 0 saturated carbocycles. The van der Waals surface area contributed by atoms with Gasteiger partial charge in [0, 0.05) is 28.0 Å². The number of rotatable bonds is 4. The van der Waals surface area contributed by atoms with E-state index in [4.69, 9.17) is 16.1 Å². The number of nitrogens with one attached hydrogen (secondary N) is 4. The predicted molar refractivity (Wildman–Crippen MR) is 100 cm³/mol. The Morgan fingerprint density at radius 2 is 1.48 bits per heavy atom. The first-order valence-corrected chi connectivity index (χ1v) is 8.60. The molecule has 0 fully saturated rings. The Hall–Kier alpha value is -3.26. The molecule has 4 rings (SSSR count). The van der Waals surface area contributed by atoms with E-state index in [2.05, 4.69) is 25.6 Å². The summed E-state index contributed by atoms with van der Waals surface area (Å²) >= 11 is 5.93. The van der Waals surface area contributed by atoms with Gasteiger partial charge < -0.3 is 14.7 Å². The maximum atomic E-state index is 12.4. The minimum atomic E-state index is -0.705. The first-order chi connectivity index (χ1) is 13.0. The Balaban J connectivity index is 1.89. The Bertz CT molecular complexity index is 1150. The second-order valence-corrected chi connectivity index (χ2v) is 6.73. The molecule has 0 atom stereocenters. The van der Waals surface area contributed by atoms with Crippen molar-refractivity contribution in [2.75, 3.05) is 0 Å². The average Bonchev–Trinajstić information content (AvgIpc) is 3.34. The number of aromatic amines is 4. The molecule has 0 unspecified atom stereocenters. The zero-order chi connectivity index (χ0) is 19.1. The summed E-state index contributed by atoms with van der Waals surface area (Å²) in [6.45, 7) is 3.51. The van der Waals surface area contributed by atoms with E-state index in [0.717, 1.165) is 5.56 Å². The molecule has 0 aliphatic rings. The topological polar surface area (TPSA) is 123 Å². The lowest BCUT2D eigenvalue weighted by Gasteiger charge is -2.11. The van der Waals surface area contributed by atoms with Crippen LogP contribution in [0.3, 0.4) is 0 Å². The number of halogens is 1. The summed E-state index contributed by atoms with van der Waals surface area (Å²) in [5.41, 5.74) is 2.81. The van der Waals surface area contributed by atoms with Crippen molar-refractivity contribution in [2.24, 2.45) is 0 Å². The van der Waals surface area contributed by atoms with Crippen LogP contribution in [-0.2, 0) is 0 Å². The molecule has 0 spiro atoms. The van der Waals surface area contributed by atoms with Crippen molar-refractivity contribution >= 4 is 11.6 Å². The molecule has 3 aromatic heterocycles. The van der Waals surface area contributed by atoms with Crippen molar-refractivity contribution in [3.8, 4) is 11.3 Å². The van der Waals surface area contributed by atoms with Gasteiger partial charge in [0.25, 0.3) is 11.1 Å². The van der Waals surface area contributed by atoms with Crippen molar-refractivity contribution in [1.29, 1.82) is 0 Å². The van der Waals surface area contributed by atoms with Gasteiger partial charge in [0.05, 0.1) is 17.0 Å². The summed E-state index contributed by atoms with van der Waals surface area (Å²) in [7, 11) is 0. The quantitative estimate of drug-likeness (QED) is 0.431. The van der Waals surface area contributed by atoms with Crippen molar-refractivity contribution in [3.63, 3.8) is 0 Å². The van der Waals surface area contributed by atoms with Crippen LogP contribution in [0.1, 0.15) is 34.2 Å². The molecule has 0 aliphatic heterocycles. The van der Waals surface area contributed by atoms with Crippen LogP contribution in [0, 0.1) is 13.8 Å². The zero-order valence-electron chi connectivity index (χ0n) is 14.5. The van der Waals surface area contributed by atoms with Crippen LogP contribution in [-0.4, -0.2) is 25.6 Å². The van der Waals surface area contributed by atoms with E-state index in [0.29, 0.717) is 39.0 Å². The van der Waals surface area contributed by atoms with Gasteiger partial charge in [0.2, 0.25) is 0 Å². The third-order valence-electron chi connectivity index (χ3n) is 4.55. The van der Waals surface area contributed by atoms with Crippen molar-refractivity contribution in [2.45, 2.75) is 19.8 Å². The van der Waals surface area contributed by atoms with Gasteiger partial charge in [-0.1, -0.05) is 28.9 Å². The largest absolute Gasteiger partial charge is 0.360 e. The number of H-pyrrole nitrogens is 4. The second-order valence-electron chi connectivity index (χ2n) is 6.29. The molecule has 4 N–H and O–H groups in total. The van der Waals surface area contributed by atoms with Gasteiger partial charge in [0.1, 0.15) is 11.5 Å². The molecule has 8 nitrogen and oxygen atoms in total. The van der Waals surface area contributed by atoms with E-state index in [1.165, 1.54) is 0 Å². The minimum Gasteiger partial charge on any atom is -0.360 e. The third kappa shape index (κ3) is 2.93. The summed E-state index contributed by atoms with van der Waals surface area (Å²) in [5, 5.41) is 15.4. The smallest absolute Gasteiger partial charge is 0.268 e. The number of benzene rings is 1. The Labute approximate surface area is 157 Å². The average molecular weight is 386 g/mol. The van der Waals surface area contributed by atoms with E-state index >= 15 is 0 Å². The molecule has 0 amide bonds. The molecule has 3 heterocycles. The number of hydrogen-bond donors (Lipinski definition) is 4. The third-order valence-corrected chi connectivity index (χ3v) is 4.81. The minimum absolute atomic E-state index is 0.318. The first-order valence-electron chi connectivity index (χ1n) is 8.22. The van der Waals surface area contributed by atoms with Crippen LogP contribution in [0.4, 0.5) is 0 Å². The number of hydrogen-bond acceptors (Lipinski definition) is 4. The molecule has 0 radical (unpaired) electrons. The monoisotopic (exact) mass is 385 g/mol. The Morgan fingerprint density at radius 1 is 0.926 bits per heavy atom. The fraction of sp³-hybridized carbons (Fsp3) is 0.167. The van der Waals surface area contributed by atoms with Gasteiger partial charge in [-0.2, -0.15) is 0 Å². The van der Waals surface area contributed by atoms with E-state index < -0.39 is 5.92 Å². The van der Waals surface area contributed by atoms with Crippen molar-refractivity contribution in [3.05, 3.63) is 84.3 Å². The summed E-state index contributed by atoms with van der Waals surface area (Å²) < 4.78 is 5.56. The second kappa shape index (κ2) is 6.48. The highest BCUT2D eigenvalue weighted by molar-refractivity contribution is 6.30. The molecule has 0 bridgehead atoms. The molecule has 138 valence electrons. The number of aryl methyl sites for hydroxylation is 2. The lowest BCUT2D eigenvalue weighted by Crippen LogP contribution is -2.19. The van der Waals surface area contributed by atoms with Crippen LogP contribution >= 0.6 is 11.6 Å². The predicted octanol–water partition coefficient (Wildman–Crippen LogP) is 2.82. The molecule has 9 heteroatoms. The van der Waals surface area contributed by atoms with Gasteiger partial charge >= 0.3 is 0 Å². The standard InChI is InChI=1S/C18H16ClN5O3/c1-8-14(17(25)22-20-8)16(15-9(2)21-23-18(15)26)13-7-12(24-27-13)10-3-5-11(19)6-4-10/h3-7,16H,1-2H3,(H2,20,22,25)(H2,21,23,26). The summed E-state index contributed by atoms with van der Waals surface area (Å²) in [6, 6.07) is 8.88. The molecule has 1 aromatic carbocycles. The first kappa shape index (κ1) is 17.2. The maximum absolute atomic E-state index is 12.4. The lowest BCUT2D eigenvalue weighted by molar-refractivity contribution is 0.381. The fourth-order valence-corrected chi connectivity index (χ4v) is 3.34. The van der Waals surface area contributed by atoms with E-state index in [1.54, 1.807) is 32.0 Å². The van der Waals surface area contributed by atoms with E-state index in [9.17, 15) is 9.59 Å². The van der Waals surface area contributed by atoms with Gasteiger partial charge in [-0.25, -0.2) is 0 Å². The van der Waals surface area contributed by atoms with Crippen molar-refractivity contribution < 1.29 is 4.52 Å². The normalized spacial score (nSPS) is 11.4. The van der Waals surface area contributed by atoms with E-state index in [-0.39, 0.29) is 11.1 Å². The van der Waals surface area contributed by atoms with Gasteiger partial charge in [-0.3, -0.25) is 19.8 Å². The highest BCUT2D eigenvalue weighted by Crippen LogP contribution is 2.33. The molecule has 27 heavy (non-hydrogen) atoms. The Kier molecular flexibility index (Phi) is 4.12. The number of aromatic nitrogens is 5. The Morgan fingerprint density at radius 3 is 1.96 bits per heavy atom. The number of nitrogens with zero attached hydrogens (tertiary/aromatic N) is 1. The molecular formula is C18H16ClN5O3. The van der Waals surface area contributed by atoms with E-state index in [1.807, 2.05) is 12.1 Å². The van der Waals surface area contributed by atoms with Gasteiger partial charge in [-0.05, 0) is 26.0 Å².